The smallest absolute Gasteiger partial charge is 0.128 e. The molecule has 3 heteroatoms. The third kappa shape index (κ3) is 3.82. The largest absolute Gasteiger partial charge is 0.491 e. The van der Waals surface area contributed by atoms with Gasteiger partial charge in [-0.1, -0.05) is 43.3 Å². The summed E-state index contributed by atoms with van der Waals surface area (Å²) >= 11 is 0. The van der Waals surface area contributed by atoms with Gasteiger partial charge in [0.15, 0.2) is 0 Å². The Balaban J connectivity index is 2.16. The Bertz CT molecular complexity index is 577. The van der Waals surface area contributed by atoms with Crippen molar-refractivity contribution in [1.29, 1.82) is 0 Å². The zero-order valence-corrected chi connectivity index (χ0v) is 12.8. The summed E-state index contributed by atoms with van der Waals surface area (Å²) in [5, 5.41) is 3.28. The first-order valence-corrected chi connectivity index (χ1v) is 7.30. The zero-order chi connectivity index (χ0) is 15.2. The molecule has 2 nitrogen and oxygen atoms in total. The van der Waals surface area contributed by atoms with Crippen LogP contribution in [0, 0.1) is 19.7 Å². The number of halogens is 1. The van der Waals surface area contributed by atoms with Gasteiger partial charge in [0.25, 0.3) is 0 Å². The first-order chi connectivity index (χ1) is 10.1. The molecule has 21 heavy (non-hydrogen) atoms. The van der Waals surface area contributed by atoms with Crippen molar-refractivity contribution >= 4 is 0 Å². The number of aryl methyl sites for hydroxylation is 2. The number of ether oxygens (including phenoxy) is 1. The second-order valence-corrected chi connectivity index (χ2v) is 5.16. The van der Waals surface area contributed by atoms with Crippen molar-refractivity contribution in [2.75, 3.05) is 13.2 Å². The highest BCUT2D eigenvalue weighted by Gasteiger charge is 2.16. The quantitative estimate of drug-likeness (QED) is 0.861. The van der Waals surface area contributed by atoms with E-state index in [-0.39, 0.29) is 11.9 Å². The molecule has 0 aliphatic rings. The predicted molar refractivity (Wildman–Crippen MR) is 84.2 cm³/mol. The monoisotopic (exact) mass is 287 g/mol. The average Bonchev–Trinajstić information content (AvgIpc) is 2.46. The molecule has 0 heterocycles. The fourth-order valence-electron chi connectivity index (χ4n) is 2.46. The summed E-state index contributed by atoms with van der Waals surface area (Å²) in [6, 6.07) is 12.7. The van der Waals surface area contributed by atoms with Crippen LogP contribution in [0.5, 0.6) is 5.75 Å². The van der Waals surface area contributed by atoms with E-state index in [1.807, 2.05) is 45.0 Å². The maximum atomic E-state index is 14.0. The minimum Gasteiger partial charge on any atom is -0.491 e. The standard InChI is InChI=1S/C18H22FNO/c1-4-20-17(15-10-5-6-11-16(15)19)12-21-18-13(2)8-7-9-14(18)3/h5-11,17,20H,4,12H2,1-3H3. The predicted octanol–water partition coefficient (Wildman–Crippen LogP) is 4.17. The van der Waals surface area contributed by atoms with Gasteiger partial charge in [0.2, 0.25) is 0 Å². The molecular weight excluding hydrogens is 265 g/mol. The van der Waals surface area contributed by atoms with Gasteiger partial charge in [0.05, 0.1) is 6.04 Å². The average molecular weight is 287 g/mol. The molecule has 0 spiro atoms. The third-order valence-electron chi connectivity index (χ3n) is 3.53. The topological polar surface area (TPSA) is 21.3 Å². The molecule has 0 fully saturated rings. The minimum atomic E-state index is -0.200. The van der Waals surface area contributed by atoms with Crippen LogP contribution < -0.4 is 10.1 Å². The number of hydrogen-bond donors (Lipinski definition) is 1. The van der Waals surface area contributed by atoms with Gasteiger partial charge in [-0.05, 0) is 37.6 Å². The van der Waals surface area contributed by atoms with E-state index < -0.39 is 0 Å². The van der Waals surface area contributed by atoms with E-state index in [1.165, 1.54) is 6.07 Å². The Hall–Kier alpha value is -1.87. The van der Waals surface area contributed by atoms with Gasteiger partial charge in [-0.15, -0.1) is 0 Å². The van der Waals surface area contributed by atoms with Crippen LogP contribution in [0.25, 0.3) is 0 Å². The van der Waals surface area contributed by atoms with Gasteiger partial charge >= 0.3 is 0 Å². The van der Waals surface area contributed by atoms with E-state index in [4.69, 9.17) is 4.74 Å². The minimum absolute atomic E-state index is 0.157. The summed E-state index contributed by atoms with van der Waals surface area (Å²) in [5.41, 5.74) is 2.84. The van der Waals surface area contributed by atoms with E-state index in [0.717, 1.165) is 23.4 Å². The molecule has 0 aliphatic carbocycles. The van der Waals surface area contributed by atoms with E-state index in [1.54, 1.807) is 12.1 Å². The van der Waals surface area contributed by atoms with Crippen LogP contribution in [0.3, 0.4) is 0 Å². The molecule has 0 saturated carbocycles. The van der Waals surface area contributed by atoms with Crippen molar-refractivity contribution in [2.45, 2.75) is 26.8 Å². The highest BCUT2D eigenvalue weighted by molar-refractivity contribution is 5.39. The first kappa shape index (κ1) is 15.5. The Morgan fingerprint density at radius 3 is 2.33 bits per heavy atom. The van der Waals surface area contributed by atoms with Crippen LogP contribution in [0.2, 0.25) is 0 Å². The molecule has 112 valence electrons. The second-order valence-electron chi connectivity index (χ2n) is 5.16. The van der Waals surface area contributed by atoms with Gasteiger partial charge in [-0.25, -0.2) is 4.39 Å². The molecule has 0 amide bonds. The number of likely N-dealkylation sites (N-methyl/N-ethyl adjacent to an activating group) is 1. The molecule has 0 saturated heterocycles. The molecule has 1 atom stereocenters. The van der Waals surface area contributed by atoms with Gasteiger partial charge in [0, 0.05) is 5.56 Å². The van der Waals surface area contributed by atoms with Crippen molar-refractivity contribution in [2.24, 2.45) is 0 Å². The summed E-state index contributed by atoms with van der Waals surface area (Å²) in [7, 11) is 0. The Labute approximate surface area is 126 Å². The third-order valence-corrected chi connectivity index (χ3v) is 3.53. The SMILES string of the molecule is CCNC(COc1c(C)cccc1C)c1ccccc1F. The number of rotatable bonds is 6. The van der Waals surface area contributed by atoms with Crippen molar-refractivity contribution in [3.63, 3.8) is 0 Å². The maximum Gasteiger partial charge on any atom is 0.128 e. The van der Waals surface area contributed by atoms with Crippen LogP contribution in [0.1, 0.15) is 29.7 Å². The fraction of sp³-hybridized carbons (Fsp3) is 0.333. The second kappa shape index (κ2) is 7.23. The summed E-state index contributed by atoms with van der Waals surface area (Å²) < 4.78 is 19.9. The van der Waals surface area contributed by atoms with Crippen LogP contribution in [-0.2, 0) is 0 Å². The molecule has 2 aromatic rings. The molecule has 0 bridgehead atoms. The first-order valence-electron chi connectivity index (χ1n) is 7.30. The molecule has 0 aliphatic heterocycles. The van der Waals surface area contributed by atoms with Gasteiger partial charge in [-0.3, -0.25) is 0 Å². The van der Waals surface area contributed by atoms with E-state index in [9.17, 15) is 4.39 Å². The molecule has 0 radical (unpaired) electrons. The van der Waals surface area contributed by atoms with E-state index >= 15 is 0 Å². The van der Waals surface area contributed by atoms with E-state index in [2.05, 4.69) is 5.32 Å². The summed E-state index contributed by atoms with van der Waals surface area (Å²) in [6.45, 7) is 7.21. The Morgan fingerprint density at radius 2 is 1.71 bits per heavy atom. The van der Waals surface area contributed by atoms with Crippen molar-refractivity contribution in [3.05, 3.63) is 65.0 Å². The molecule has 2 aromatic carbocycles. The Kier molecular flexibility index (Phi) is 5.34. The normalized spacial score (nSPS) is 12.2. The molecule has 0 aromatic heterocycles. The lowest BCUT2D eigenvalue weighted by atomic mass is 10.1. The van der Waals surface area contributed by atoms with Gasteiger partial charge in [0.1, 0.15) is 18.2 Å². The lowest BCUT2D eigenvalue weighted by Gasteiger charge is -2.21. The highest BCUT2D eigenvalue weighted by Crippen LogP contribution is 2.25. The number of hydrogen-bond acceptors (Lipinski definition) is 2. The number of benzene rings is 2. The molecule has 1 unspecified atom stereocenters. The Morgan fingerprint density at radius 1 is 1.05 bits per heavy atom. The van der Waals surface area contributed by atoms with Crippen molar-refractivity contribution < 1.29 is 9.13 Å². The lowest BCUT2D eigenvalue weighted by Crippen LogP contribution is -2.27. The zero-order valence-electron chi connectivity index (χ0n) is 12.8. The summed E-state index contributed by atoms with van der Waals surface area (Å²) in [4.78, 5) is 0. The van der Waals surface area contributed by atoms with E-state index in [0.29, 0.717) is 12.2 Å². The van der Waals surface area contributed by atoms with Gasteiger partial charge < -0.3 is 10.1 Å². The van der Waals surface area contributed by atoms with Crippen LogP contribution in [-0.4, -0.2) is 13.2 Å². The fourth-order valence-corrected chi connectivity index (χ4v) is 2.46. The van der Waals surface area contributed by atoms with Crippen LogP contribution in [0.15, 0.2) is 42.5 Å². The van der Waals surface area contributed by atoms with Crippen LogP contribution in [0.4, 0.5) is 4.39 Å². The molecular formula is C18H22FNO. The summed E-state index contributed by atoms with van der Waals surface area (Å²) in [5.74, 6) is 0.685. The van der Waals surface area contributed by atoms with Crippen LogP contribution >= 0.6 is 0 Å². The molecule has 2 rings (SSSR count). The van der Waals surface area contributed by atoms with Crippen molar-refractivity contribution in [3.8, 4) is 5.75 Å². The number of nitrogens with one attached hydrogen (secondary N) is 1. The summed E-state index contributed by atoms with van der Waals surface area (Å²) in [6.07, 6.45) is 0. The lowest BCUT2D eigenvalue weighted by molar-refractivity contribution is 0.262. The van der Waals surface area contributed by atoms with Gasteiger partial charge in [-0.2, -0.15) is 0 Å². The molecule has 1 N–H and O–H groups in total. The highest BCUT2D eigenvalue weighted by atomic mass is 19.1. The number of para-hydroxylation sites is 1. The maximum absolute atomic E-state index is 14.0. The van der Waals surface area contributed by atoms with Crippen molar-refractivity contribution in [1.82, 2.24) is 5.32 Å².